The summed E-state index contributed by atoms with van der Waals surface area (Å²) < 4.78 is 0. The van der Waals surface area contributed by atoms with Crippen LogP contribution in [0.25, 0.3) is 0 Å². The molecule has 0 aromatic heterocycles. The van der Waals surface area contributed by atoms with Gasteiger partial charge in [-0.2, -0.15) is 0 Å². The van der Waals surface area contributed by atoms with Gasteiger partial charge in [-0.25, -0.2) is 0 Å². The zero-order valence-electron chi connectivity index (χ0n) is 8.69. The summed E-state index contributed by atoms with van der Waals surface area (Å²) in [4.78, 5) is 23.8. The van der Waals surface area contributed by atoms with Crippen molar-refractivity contribution in [1.29, 1.82) is 0 Å². The van der Waals surface area contributed by atoms with Crippen LogP contribution in [0.3, 0.4) is 0 Å². The number of nitrogens with zero attached hydrogens (tertiary/aromatic N) is 1. The highest BCUT2D eigenvalue weighted by Gasteiger charge is 2.35. The van der Waals surface area contributed by atoms with Crippen molar-refractivity contribution in [1.82, 2.24) is 4.90 Å². The number of rotatable bonds is 5. The number of hydrogen-bond donors (Lipinski definition) is 1. The molecule has 4 nitrogen and oxygen atoms in total. The van der Waals surface area contributed by atoms with Crippen LogP contribution in [0.15, 0.2) is 0 Å². The highest BCUT2D eigenvalue weighted by Crippen LogP contribution is 2.31. The average molecular weight is 199 g/mol. The summed E-state index contributed by atoms with van der Waals surface area (Å²) in [7, 11) is 0. The monoisotopic (exact) mass is 199 g/mol. The molecule has 1 rings (SSSR count). The molecule has 4 heteroatoms. The maximum absolute atomic E-state index is 11.7. The summed E-state index contributed by atoms with van der Waals surface area (Å²) in [6, 6.07) is 0.0270. The maximum Gasteiger partial charge on any atom is 0.323 e. The van der Waals surface area contributed by atoms with Crippen molar-refractivity contribution in [2.45, 2.75) is 39.2 Å². The molecule has 1 unspecified atom stereocenters. The van der Waals surface area contributed by atoms with Crippen LogP contribution < -0.4 is 0 Å². The SMILES string of the molecule is CCC(C)N(CC(=O)O)C(=O)C1CC1. The first-order chi connectivity index (χ1) is 6.56. The van der Waals surface area contributed by atoms with Gasteiger partial charge in [0.15, 0.2) is 0 Å². The van der Waals surface area contributed by atoms with E-state index in [4.69, 9.17) is 5.11 Å². The largest absolute Gasteiger partial charge is 0.480 e. The van der Waals surface area contributed by atoms with Crippen LogP contribution in [-0.2, 0) is 9.59 Å². The zero-order valence-corrected chi connectivity index (χ0v) is 8.69. The van der Waals surface area contributed by atoms with Gasteiger partial charge in [-0.05, 0) is 26.2 Å². The van der Waals surface area contributed by atoms with Gasteiger partial charge in [-0.3, -0.25) is 9.59 Å². The van der Waals surface area contributed by atoms with Crippen molar-refractivity contribution in [3.8, 4) is 0 Å². The van der Waals surface area contributed by atoms with E-state index in [0.717, 1.165) is 19.3 Å². The number of carboxylic acids is 1. The van der Waals surface area contributed by atoms with E-state index >= 15 is 0 Å². The summed E-state index contributed by atoms with van der Waals surface area (Å²) in [6.07, 6.45) is 2.64. The van der Waals surface area contributed by atoms with E-state index in [1.807, 2.05) is 13.8 Å². The van der Waals surface area contributed by atoms with Gasteiger partial charge in [0.25, 0.3) is 0 Å². The lowest BCUT2D eigenvalue weighted by molar-refractivity contribution is -0.146. The molecule has 1 atom stereocenters. The Hall–Kier alpha value is -1.06. The van der Waals surface area contributed by atoms with E-state index in [9.17, 15) is 9.59 Å². The Balaban J connectivity index is 2.59. The smallest absolute Gasteiger partial charge is 0.323 e. The number of hydrogen-bond acceptors (Lipinski definition) is 2. The number of amides is 1. The molecule has 1 aliphatic carbocycles. The Morgan fingerprint density at radius 2 is 2.07 bits per heavy atom. The Morgan fingerprint density at radius 1 is 1.50 bits per heavy atom. The standard InChI is InChI=1S/C10H17NO3/c1-3-7(2)11(6-9(12)13)10(14)8-4-5-8/h7-8H,3-6H2,1-2H3,(H,12,13). The van der Waals surface area contributed by atoms with Crippen molar-refractivity contribution in [2.75, 3.05) is 6.54 Å². The van der Waals surface area contributed by atoms with Gasteiger partial charge in [-0.1, -0.05) is 6.92 Å². The molecule has 0 aliphatic heterocycles. The molecule has 1 amide bonds. The van der Waals surface area contributed by atoms with Crippen LogP contribution in [0, 0.1) is 5.92 Å². The van der Waals surface area contributed by atoms with Gasteiger partial charge >= 0.3 is 5.97 Å². The first kappa shape index (κ1) is 11.0. The second-order valence-corrected chi connectivity index (χ2v) is 3.89. The van der Waals surface area contributed by atoms with Gasteiger partial charge in [-0.15, -0.1) is 0 Å². The maximum atomic E-state index is 11.7. The fourth-order valence-corrected chi connectivity index (χ4v) is 1.38. The fourth-order valence-electron chi connectivity index (χ4n) is 1.38. The summed E-state index contributed by atoms with van der Waals surface area (Å²) in [5, 5.41) is 8.69. The van der Waals surface area contributed by atoms with Gasteiger partial charge in [0.1, 0.15) is 6.54 Å². The Kier molecular flexibility index (Phi) is 3.49. The van der Waals surface area contributed by atoms with Crippen molar-refractivity contribution in [2.24, 2.45) is 5.92 Å². The first-order valence-corrected chi connectivity index (χ1v) is 5.08. The Morgan fingerprint density at radius 3 is 2.43 bits per heavy atom. The molecule has 14 heavy (non-hydrogen) atoms. The summed E-state index contributed by atoms with van der Waals surface area (Å²) in [6.45, 7) is 3.69. The zero-order chi connectivity index (χ0) is 10.7. The number of carbonyl (C=O) groups is 2. The summed E-state index contributed by atoms with van der Waals surface area (Å²) >= 11 is 0. The van der Waals surface area contributed by atoms with Gasteiger partial charge in [0, 0.05) is 12.0 Å². The van der Waals surface area contributed by atoms with E-state index in [1.165, 1.54) is 4.90 Å². The highest BCUT2D eigenvalue weighted by atomic mass is 16.4. The molecule has 1 aliphatic rings. The molecular formula is C10H17NO3. The summed E-state index contributed by atoms with van der Waals surface area (Å²) in [5.74, 6) is -0.815. The molecule has 1 N–H and O–H groups in total. The molecule has 0 saturated heterocycles. The normalized spacial score (nSPS) is 17.6. The molecule has 1 saturated carbocycles. The molecule has 0 heterocycles. The van der Waals surface area contributed by atoms with Gasteiger partial charge < -0.3 is 10.0 Å². The van der Waals surface area contributed by atoms with Crippen LogP contribution in [-0.4, -0.2) is 34.5 Å². The van der Waals surface area contributed by atoms with E-state index in [0.29, 0.717) is 0 Å². The predicted molar refractivity (Wildman–Crippen MR) is 51.8 cm³/mol. The quantitative estimate of drug-likeness (QED) is 0.721. The van der Waals surface area contributed by atoms with E-state index in [-0.39, 0.29) is 24.4 Å². The molecule has 0 spiro atoms. The van der Waals surface area contributed by atoms with Crippen LogP contribution in [0.5, 0.6) is 0 Å². The van der Waals surface area contributed by atoms with E-state index < -0.39 is 5.97 Å². The minimum absolute atomic E-state index is 0.0155. The van der Waals surface area contributed by atoms with E-state index in [1.54, 1.807) is 0 Å². The minimum Gasteiger partial charge on any atom is -0.480 e. The molecule has 0 aromatic carbocycles. The van der Waals surface area contributed by atoms with Crippen molar-refractivity contribution < 1.29 is 14.7 Å². The second kappa shape index (κ2) is 4.44. The molecule has 0 bridgehead atoms. The molecule has 0 aromatic rings. The lowest BCUT2D eigenvalue weighted by Crippen LogP contribution is -2.42. The van der Waals surface area contributed by atoms with Gasteiger partial charge in [0.2, 0.25) is 5.91 Å². The number of carbonyl (C=O) groups excluding carboxylic acids is 1. The van der Waals surface area contributed by atoms with Crippen LogP contribution in [0.2, 0.25) is 0 Å². The van der Waals surface area contributed by atoms with Crippen molar-refractivity contribution >= 4 is 11.9 Å². The minimum atomic E-state index is -0.931. The molecule has 0 radical (unpaired) electrons. The second-order valence-electron chi connectivity index (χ2n) is 3.89. The topological polar surface area (TPSA) is 57.6 Å². The Bertz CT molecular complexity index is 236. The lowest BCUT2D eigenvalue weighted by Gasteiger charge is -2.26. The van der Waals surface area contributed by atoms with Crippen molar-refractivity contribution in [3.05, 3.63) is 0 Å². The molecular weight excluding hydrogens is 182 g/mol. The van der Waals surface area contributed by atoms with Crippen molar-refractivity contribution in [3.63, 3.8) is 0 Å². The Labute approximate surface area is 83.9 Å². The number of aliphatic carboxylic acids is 1. The van der Waals surface area contributed by atoms with Gasteiger partial charge in [0.05, 0.1) is 0 Å². The third-order valence-electron chi connectivity index (χ3n) is 2.64. The fraction of sp³-hybridized carbons (Fsp3) is 0.800. The highest BCUT2D eigenvalue weighted by molar-refractivity contribution is 5.84. The average Bonchev–Trinajstić information content (AvgIpc) is 2.94. The third kappa shape index (κ3) is 2.72. The lowest BCUT2D eigenvalue weighted by atomic mass is 10.2. The van der Waals surface area contributed by atoms with Crippen LogP contribution in [0.1, 0.15) is 33.1 Å². The van der Waals surface area contributed by atoms with E-state index in [2.05, 4.69) is 0 Å². The third-order valence-corrected chi connectivity index (χ3v) is 2.64. The summed E-state index contributed by atoms with van der Waals surface area (Å²) in [5.41, 5.74) is 0. The predicted octanol–water partition coefficient (Wildman–Crippen LogP) is 1.11. The van der Waals surface area contributed by atoms with Crippen LogP contribution >= 0.6 is 0 Å². The number of carboxylic acid groups (broad SMARTS) is 1. The first-order valence-electron chi connectivity index (χ1n) is 5.08. The molecule has 1 fully saturated rings. The van der Waals surface area contributed by atoms with Crippen LogP contribution in [0.4, 0.5) is 0 Å². The molecule has 80 valence electrons.